The number of rotatable bonds is 11. The van der Waals surface area contributed by atoms with Crippen molar-refractivity contribution in [2.75, 3.05) is 33.5 Å². The highest BCUT2D eigenvalue weighted by Gasteiger charge is 2.05. The van der Waals surface area contributed by atoms with Gasteiger partial charge in [-0.3, -0.25) is 0 Å². The van der Waals surface area contributed by atoms with Gasteiger partial charge in [0, 0.05) is 7.11 Å². The second-order valence-electron chi connectivity index (χ2n) is 3.68. The van der Waals surface area contributed by atoms with E-state index in [4.69, 9.17) is 14.2 Å². The largest absolute Gasteiger partial charge is 0.382 e. The molecular formula is C12H26O3. The summed E-state index contributed by atoms with van der Waals surface area (Å²) in [4.78, 5) is 0. The Morgan fingerprint density at radius 2 is 1.47 bits per heavy atom. The summed E-state index contributed by atoms with van der Waals surface area (Å²) >= 11 is 0. The molecule has 3 heteroatoms. The number of hydrogen-bond donors (Lipinski definition) is 0. The third kappa shape index (κ3) is 10.2. The van der Waals surface area contributed by atoms with Crippen molar-refractivity contribution in [1.29, 1.82) is 0 Å². The molecule has 0 unspecified atom stereocenters. The zero-order valence-electron chi connectivity index (χ0n) is 10.5. The van der Waals surface area contributed by atoms with Crippen LogP contribution in [0.25, 0.3) is 0 Å². The van der Waals surface area contributed by atoms with Crippen molar-refractivity contribution in [3.8, 4) is 0 Å². The van der Waals surface area contributed by atoms with Gasteiger partial charge in [-0.1, -0.05) is 26.7 Å². The van der Waals surface area contributed by atoms with Gasteiger partial charge in [-0.2, -0.15) is 0 Å². The molecule has 0 saturated carbocycles. The SMILES string of the molecule is CCCC(CCC)OCCOCCOC. The van der Waals surface area contributed by atoms with Gasteiger partial charge in [0.2, 0.25) is 0 Å². The molecule has 0 spiro atoms. The van der Waals surface area contributed by atoms with E-state index in [2.05, 4.69) is 13.8 Å². The van der Waals surface area contributed by atoms with Crippen LogP contribution in [0.3, 0.4) is 0 Å². The van der Waals surface area contributed by atoms with E-state index in [1.165, 1.54) is 12.8 Å². The summed E-state index contributed by atoms with van der Waals surface area (Å²) in [6.07, 6.45) is 5.12. The Bertz CT molecular complexity index is 111. The average Bonchev–Trinajstić information content (AvgIpc) is 2.24. The Morgan fingerprint density at radius 1 is 0.867 bits per heavy atom. The second-order valence-corrected chi connectivity index (χ2v) is 3.68. The minimum Gasteiger partial charge on any atom is -0.382 e. The summed E-state index contributed by atoms with van der Waals surface area (Å²) in [7, 11) is 1.68. The van der Waals surface area contributed by atoms with E-state index in [1.54, 1.807) is 7.11 Å². The molecule has 0 bridgehead atoms. The standard InChI is InChI=1S/C12H26O3/c1-4-6-12(7-5-2)15-11-10-14-9-8-13-3/h12H,4-11H2,1-3H3. The zero-order valence-corrected chi connectivity index (χ0v) is 10.5. The van der Waals surface area contributed by atoms with Crippen LogP contribution in [0.4, 0.5) is 0 Å². The van der Waals surface area contributed by atoms with Gasteiger partial charge in [-0.25, -0.2) is 0 Å². The molecule has 0 rings (SSSR count). The number of ether oxygens (including phenoxy) is 3. The Morgan fingerprint density at radius 3 is 2.00 bits per heavy atom. The third-order valence-corrected chi connectivity index (χ3v) is 2.23. The predicted octanol–water partition coefficient (Wildman–Crippen LogP) is 2.63. The van der Waals surface area contributed by atoms with E-state index in [0.717, 1.165) is 12.8 Å². The first-order valence-corrected chi connectivity index (χ1v) is 6.03. The smallest absolute Gasteiger partial charge is 0.0704 e. The molecule has 0 aliphatic carbocycles. The Hall–Kier alpha value is -0.120. The summed E-state index contributed by atoms with van der Waals surface area (Å²) in [5.74, 6) is 0. The quantitative estimate of drug-likeness (QED) is 0.499. The Labute approximate surface area is 94.1 Å². The van der Waals surface area contributed by atoms with Gasteiger partial charge in [-0.05, 0) is 12.8 Å². The maximum atomic E-state index is 5.74. The monoisotopic (exact) mass is 218 g/mol. The van der Waals surface area contributed by atoms with Crippen molar-refractivity contribution in [3.05, 3.63) is 0 Å². The average molecular weight is 218 g/mol. The van der Waals surface area contributed by atoms with Gasteiger partial charge in [-0.15, -0.1) is 0 Å². The van der Waals surface area contributed by atoms with Crippen molar-refractivity contribution >= 4 is 0 Å². The molecule has 0 amide bonds. The first-order valence-electron chi connectivity index (χ1n) is 6.03. The van der Waals surface area contributed by atoms with E-state index in [1.807, 2.05) is 0 Å². The van der Waals surface area contributed by atoms with Gasteiger partial charge in [0.1, 0.15) is 0 Å². The summed E-state index contributed by atoms with van der Waals surface area (Å²) < 4.78 is 15.9. The second kappa shape index (κ2) is 12.0. The van der Waals surface area contributed by atoms with Crippen LogP contribution in [0.1, 0.15) is 39.5 Å². The van der Waals surface area contributed by atoms with E-state index >= 15 is 0 Å². The van der Waals surface area contributed by atoms with E-state index in [0.29, 0.717) is 32.5 Å². The lowest BCUT2D eigenvalue weighted by Gasteiger charge is -2.16. The summed E-state index contributed by atoms with van der Waals surface area (Å²) in [5, 5.41) is 0. The molecule has 0 N–H and O–H groups in total. The molecule has 0 heterocycles. The van der Waals surface area contributed by atoms with Crippen LogP contribution in [0.2, 0.25) is 0 Å². The van der Waals surface area contributed by atoms with Gasteiger partial charge >= 0.3 is 0 Å². The lowest BCUT2D eigenvalue weighted by Crippen LogP contribution is -2.16. The van der Waals surface area contributed by atoms with Crippen molar-refractivity contribution in [2.45, 2.75) is 45.6 Å². The van der Waals surface area contributed by atoms with Gasteiger partial charge in [0.15, 0.2) is 0 Å². The molecule has 0 atom stereocenters. The first kappa shape index (κ1) is 14.9. The van der Waals surface area contributed by atoms with E-state index in [-0.39, 0.29) is 0 Å². The maximum Gasteiger partial charge on any atom is 0.0704 e. The van der Waals surface area contributed by atoms with E-state index in [9.17, 15) is 0 Å². The molecule has 0 aromatic rings. The van der Waals surface area contributed by atoms with Crippen molar-refractivity contribution in [3.63, 3.8) is 0 Å². The fraction of sp³-hybridized carbons (Fsp3) is 1.00. The van der Waals surface area contributed by atoms with Crippen LogP contribution in [-0.4, -0.2) is 39.6 Å². The highest BCUT2D eigenvalue weighted by molar-refractivity contribution is 4.56. The van der Waals surface area contributed by atoms with Crippen LogP contribution < -0.4 is 0 Å². The topological polar surface area (TPSA) is 27.7 Å². The summed E-state index contributed by atoms with van der Waals surface area (Å²) in [5.41, 5.74) is 0. The molecule has 0 aliphatic heterocycles. The molecule has 0 fully saturated rings. The van der Waals surface area contributed by atoms with Crippen molar-refractivity contribution in [1.82, 2.24) is 0 Å². The first-order chi connectivity index (χ1) is 7.35. The highest BCUT2D eigenvalue weighted by atomic mass is 16.5. The van der Waals surface area contributed by atoms with E-state index < -0.39 is 0 Å². The van der Waals surface area contributed by atoms with Crippen molar-refractivity contribution < 1.29 is 14.2 Å². The molecular weight excluding hydrogens is 192 g/mol. The summed E-state index contributed by atoms with van der Waals surface area (Å²) in [6, 6.07) is 0. The fourth-order valence-corrected chi connectivity index (χ4v) is 1.47. The third-order valence-electron chi connectivity index (χ3n) is 2.23. The Kier molecular flexibility index (Phi) is 11.9. The fourth-order valence-electron chi connectivity index (χ4n) is 1.47. The maximum absolute atomic E-state index is 5.74. The van der Waals surface area contributed by atoms with Gasteiger partial charge in [0.05, 0.1) is 32.5 Å². The molecule has 0 saturated heterocycles. The zero-order chi connectivity index (χ0) is 11.4. The van der Waals surface area contributed by atoms with Crippen LogP contribution in [-0.2, 0) is 14.2 Å². The van der Waals surface area contributed by atoms with Crippen LogP contribution in [0.5, 0.6) is 0 Å². The molecule has 3 nitrogen and oxygen atoms in total. The minimum absolute atomic E-state index is 0.422. The number of methoxy groups -OCH3 is 1. The molecule has 92 valence electrons. The van der Waals surface area contributed by atoms with Crippen LogP contribution >= 0.6 is 0 Å². The molecule has 0 aromatic heterocycles. The predicted molar refractivity (Wildman–Crippen MR) is 62.3 cm³/mol. The summed E-state index contributed by atoms with van der Waals surface area (Å²) in [6.45, 7) is 7.09. The van der Waals surface area contributed by atoms with Crippen LogP contribution in [0, 0.1) is 0 Å². The minimum atomic E-state index is 0.422. The lowest BCUT2D eigenvalue weighted by molar-refractivity contribution is -0.0121. The van der Waals surface area contributed by atoms with Gasteiger partial charge in [0.25, 0.3) is 0 Å². The molecule has 0 aliphatic rings. The number of hydrogen-bond acceptors (Lipinski definition) is 3. The molecule has 0 aromatic carbocycles. The van der Waals surface area contributed by atoms with Crippen LogP contribution in [0.15, 0.2) is 0 Å². The lowest BCUT2D eigenvalue weighted by atomic mass is 10.1. The van der Waals surface area contributed by atoms with Crippen molar-refractivity contribution in [2.24, 2.45) is 0 Å². The Balaban J connectivity index is 3.28. The molecule has 15 heavy (non-hydrogen) atoms. The highest BCUT2D eigenvalue weighted by Crippen LogP contribution is 2.08. The molecule has 0 radical (unpaired) electrons. The normalized spacial score (nSPS) is 11.2. The van der Waals surface area contributed by atoms with Gasteiger partial charge < -0.3 is 14.2 Å².